The Labute approximate surface area is 167 Å². The maximum atomic E-state index is 9.45. The fourth-order valence-corrected chi connectivity index (χ4v) is 4.30. The predicted molar refractivity (Wildman–Crippen MR) is 111 cm³/mol. The van der Waals surface area contributed by atoms with E-state index >= 15 is 0 Å². The molecule has 0 unspecified atom stereocenters. The SMILES string of the molecule is C#CCOc1c(I)cc(C=C(C#N)c2ccccc2Cl)cc1I. The molecule has 2 rings (SSSR count). The van der Waals surface area contributed by atoms with Gasteiger partial charge in [-0.15, -0.1) is 6.42 Å². The van der Waals surface area contributed by atoms with E-state index in [1.54, 1.807) is 6.07 Å². The Hall–Kier alpha value is -1.22. The summed E-state index contributed by atoms with van der Waals surface area (Å²) in [6.07, 6.45) is 7.05. The molecule has 0 aliphatic rings. The predicted octanol–water partition coefficient (Wildman–Crippen LogP) is 5.63. The quantitative estimate of drug-likeness (QED) is 0.216. The summed E-state index contributed by atoms with van der Waals surface area (Å²) in [5.74, 6) is 3.22. The molecule has 23 heavy (non-hydrogen) atoms. The first-order valence-corrected chi connectivity index (χ1v) is 9.02. The van der Waals surface area contributed by atoms with Gasteiger partial charge >= 0.3 is 0 Å². The number of nitrogens with zero attached hydrogens (tertiary/aromatic N) is 1. The van der Waals surface area contributed by atoms with Crippen molar-refractivity contribution in [3.8, 4) is 24.2 Å². The molecule has 0 heterocycles. The highest BCUT2D eigenvalue weighted by atomic mass is 127. The van der Waals surface area contributed by atoms with Gasteiger partial charge in [0.2, 0.25) is 0 Å². The van der Waals surface area contributed by atoms with Crippen LogP contribution >= 0.6 is 56.8 Å². The van der Waals surface area contributed by atoms with Gasteiger partial charge in [0, 0.05) is 10.6 Å². The number of terminal acetylenes is 1. The molecule has 0 aliphatic heterocycles. The minimum atomic E-state index is 0.226. The zero-order valence-corrected chi connectivity index (χ0v) is 16.9. The molecule has 0 spiro atoms. The van der Waals surface area contributed by atoms with Crippen LogP contribution in [0.5, 0.6) is 5.75 Å². The molecule has 2 aromatic carbocycles. The van der Waals surface area contributed by atoms with Crippen LogP contribution < -0.4 is 4.74 Å². The molecule has 5 heteroatoms. The standard InChI is InChI=1S/C18H10ClI2NO/c1-2-7-23-18-16(20)9-12(10-17(18)21)8-13(11-22)14-5-3-4-6-15(14)19/h1,3-6,8-10H,7H2. The normalized spacial score (nSPS) is 10.7. The molecule has 2 aromatic rings. The van der Waals surface area contributed by atoms with Gasteiger partial charge in [0.1, 0.15) is 12.4 Å². The van der Waals surface area contributed by atoms with Crippen molar-refractivity contribution in [1.29, 1.82) is 5.26 Å². The fraction of sp³-hybridized carbons (Fsp3) is 0.0556. The van der Waals surface area contributed by atoms with Gasteiger partial charge in [-0.2, -0.15) is 5.26 Å². The van der Waals surface area contributed by atoms with Gasteiger partial charge in [-0.1, -0.05) is 35.7 Å². The van der Waals surface area contributed by atoms with Crippen molar-refractivity contribution in [3.63, 3.8) is 0 Å². The molecular formula is C18H10ClI2NO. The largest absolute Gasteiger partial charge is 0.479 e. The Morgan fingerprint density at radius 3 is 2.48 bits per heavy atom. The van der Waals surface area contributed by atoms with Crippen molar-refractivity contribution in [1.82, 2.24) is 0 Å². The number of nitriles is 1. The van der Waals surface area contributed by atoms with Crippen molar-refractivity contribution in [2.45, 2.75) is 0 Å². The lowest BCUT2D eigenvalue weighted by Gasteiger charge is -2.09. The van der Waals surface area contributed by atoms with Gasteiger partial charge in [0.05, 0.1) is 18.8 Å². The van der Waals surface area contributed by atoms with Gasteiger partial charge in [-0.05, 0) is 75.0 Å². The summed E-state index contributed by atoms with van der Waals surface area (Å²) in [4.78, 5) is 0. The van der Waals surface area contributed by atoms with Crippen LogP contribution in [-0.4, -0.2) is 6.61 Å². The first-order valence-electron chi connectivity index (χ1n) is 6.48. The summed E-state index contributed by atoms with van der Waals surface area (Å²) < 4.78 is 7.42. The smallest absolute Gasteiger partial charge is 0.148 e. The highest BCUT2D eigenvalue weighted by Gasteiger charge is 2.10. The fourth-order valence-electron chi connectivity index (χ4n) is 1.93. The number of allylic oxidation sites excluding steroid dienone is 1. The van der Waals surface area contributed by atoms with Crippen LogP contribution in [0.25, 0.3) is 11.6 Å². The number of benzene rings is 2. The number of hydrogen-bond acceptors (Lipinski definition) is 2. The van der Waals surface area contributed by atoms with Crippen LogP contribution in [0.3, 0.4) is 0 Å². The van der Waals surface area contributed by atoms with Crippen LogP contribution in [0.4, 0.5) is 0 Å². The van der Waals surface area contributed by atoms with Crippen LogP contribution in [0, 0.1) is 30.8 Å². The van der Waals surface area contributed by atoms with Crippen LogP contribution in [0.15, 0.2) is 36.4 Å². The van der Waals surface area contributed by atoms with E-state index in [-0.39, 0.29) is 6.61 Å². The first-order chi connectivity index (χ1) is 11.1. The molecule has 0 aromatic heterocycles. The van der Waals surface area contributed by atoms with Crippen molar-refractivity contribution in [2.75, 3.05) is 6.61 Å². The second-order valence-electron chi connectivity index (χ2n) is 4.46. The minimum Gasteiger partial charge on any atom is -0.479 e. The molecule has 0 saturated heterocycles. The maximum absolute atomic E-state index is 9.45. The molecule has 0 atom stereocenters. The molecular weight excluding hydrogens is 535 g/mol. The van der Waals surface area contributed by atoms with Crippen molar-refractivity contribution in [2.24, 2.45) is 0 Å². The monoisotopic (exact) mass is 545 g/mol. The van der Waals surface area contributed by atoms with E-state index in [2.05, 4.69) is 57.2 Å². The molecule has 2 nitrogen and oxygen atoms in total. The third-order valence-corrected chi connectivity index (χ3v) is 4.85. The minimum absolute atomic E-state index is 0.226. The van der Waals surface area contributed by atoms with Crippen molar-refractivity contribution < 1.29 is 4.74 Å². The van der Waals surface area contributed by atoms with Crippen LogP contribution in [-0.2, 0) is 0 Å². The summed E-state index contributed by atoms with van der Waals surface area (Å²) in [7, 11) is 0. The zero-order chi connectivity index (χ0) is 16.8. The van der Waals surface area contributed by atoms with Crippen molar-refractivity contribution >= 4 is 68.4 Å². The molecule has 0 radical (unpaired) electrons. The maximum Gasteiger partial charge on any atom is 0.148 e. The second-order valence-corrected chi connectivity index (χ2v) is 7.19. The number of ether oxygens (including phenoxy) is 1. The van der Waals surface area contributed by atoms with Gasteiger partial charge < -0.3 is 4.74 Å². The Morgan fingerprint density at radius 2 is 1.91 bits per heavy atom. The lowest BCUT2D eigenvalue weighted by atomic mass is 10.0. The van der Waals surface area contributed by atoms with E-state index in [4.69, 9.17) is 22.8 Å². The van der Waals surface area contributed by atoms with E-state index < -0.39 is 0 Å². The zero-order valence-electron chi connectivity index (χ0n) is 11.8. The Balaban J connectivity index is 2.44. The third kappa shape index (κ3) is 4.63. The van der Waals surface area contributed by atoms with E-state index in [1.807, 2.05) is 36.4 Å². The molecule has 0 N–H and O–H groups in total. The number of rotatable bonds is 4. The number of halogens is 3. The topological polar surface area (TPSA) is 33.0 Å². The summed E-state index contributed by atoms with van der Waals surface area (Å²) in [5, 5.41) is 10.0. The van der Waals surface area contributed by atoms with Crippen LogP contribution in [0.2, 0.25) is 5.02 Å². The molecule has 114 valence electrons. The van der Waals surface area contributed by atoms with Crippen LogP contribution in [0.1, 0.15) is 11.1 Å². The molecule has 0 bridgehead atoms. The van der Waals surface area contributed by atoms with Gasteiger partial charge in [0.15, 0.2) is 0 Å². The van der Waals surface area contributed by atoms with E-state index in [1.165, 1.54) is 0 Å². The van der Waals surface area contributed by atoms with Gasteiger partial charge in [-0.25, -0.2) is 0 Å². The molecule has 0 aliphatic carbocycles. The lowest BCUT2D eigenvalue weighted by Crippen LogP contribution is -1.98. The highest BCUT2D eigenvalue weighted by molar-refractivity contribution is 14.1. The third-order valence-electron chi connectivity index (χ3n) is 2.92. The number of hydrogen-bond donors (Lipinski definition) is 0. The molecule has 0 fully saturated rings. The van der Waals surface area contributed by atoms with E-state index in [9.17, 15) is 5.26 Å². The first kappa shape index (κ1) is 18.1. The Kier molecular flexibility index (Phi) is 6.76. The lowest BCUT2D eigenvalue weighted by molar-refractivity contribution is 0.365. The average molecular weight is 546 g/mol. The average Bonchev–Trinajstić information content (AvgIpc) is 2.53. The Morgan fingerprint density at radius 1 is 1.26 bits per heavy atom. The van der Waals surface area contributed by atoms with E-state index in [0.29, 0.717) is 16.2 Å². The van der Waals surface area contributed by atoms with Gasteiger partial charge in [-0.3, -0.25) is 0 Å². The summed E-state index contributed by atoms with van der Waals surface area (Å²) in [6.45, 7) is 0.226. The molecule has 0 amide bonds. The molecule has 0 saturated carbocycles. The summed E-state index contributed by atoms with van der Waals surface area (Å²) >= 11 is 10.6. The summed E-state index contributed by atoms with van der Waals surface area (Å²) in [6, 6.07) is 13.4. The van der Waals surface area contributed by atoms with Crippen molar-refractivity contribution in [3.05, 3.63) is 59.7 Å². The second kappa shape index (κ2) is 8.58. The van der Waals surface area contributed by atoms with E-state index in [0.717, 1.165) is 18.5 Å². The van der Waals surface area contributed by atoms with Gasteiger partial charge in [0.25, 0.3) is 0 Å². The highest BCUT2D eigenvalue weighted by Crippen LogP contribution is 2.31. The Bertz CT molecular complexity index is 824. The summed E-state index contributed by atoms with van der Waals surface area (Å²) in [5.41, 5.74) is 2.14.